The van der Waals surface area contributed by atoms with Crippen LogP contribution in [-0.2, 0) is 0 Å². The van der Waals surface area contributed by atoms with Crippen LogP contribution in [0.15, 0.2) is 36.8 Å². The predicted octanol–water partition coefficient (Wildman–Crippen LogP) is 0.817. The molecule has 0 radical (unpaired) electrons. The minimum absolute atomic E-state index is 0.133. The van der Waals surface area contributed by atoms with Crippen molar-refractivity contribution >= 4 is 11.8 Å². The monoisotopic (exact) mass is 338 g/mol. The van der Waals surface area contributed by atoms with Crippen molar-refractivity contribution < 1.29 is 24.4 Å². The highest BCUT2D eigenvalue weighted by Crippen LogP contribution is 2.31. The fourth-order valence-corrected chi connectivity index (χ4v) is 3.32. The summed E-state index contributed by atoms with van der Waals surface area (Å²) in [6.07, 6.45) is 0.897. The van der Waals surface area contributed by atoms with E-state index >= 15 is 0 Å². The molecule has 4 atom stereocenters. The largest absolute Gasteiger partial charge is 0.472 e. The van der Waals surface area contributed by atoms with E-state index in [1.165, 1.54) is 12.3 Å². The zero-order chi connectivity index (χ0) is 16.4. The number of aliphatic hydroxyl groups is 3. The van der Waals surface area contributed by atoms with Crippen molar-refractivity contribution in [2.75, 3.05) is 5.75 Å². The van der Waals surface area contributed by atoms with Gasteiger partial charge in [-0.05, 0) is 12.1 Å². The maximum absolute atomic E-state index is 13.9. The molecule has 1 aliphatic rings. The number of aromatic nitrogens is 2. The van der Waals surface area contributed by atoms with Gasteiger partial charge in [-0.2, -0.15) is 4.39 Å². The first-order valence-corrected chi connectivity index (χ1v) is 7.99. The van der Waals surface area contributed by atoms with Crippen LogP contribution in [0.5, 0.6) is 5.75 Å². The molecule has 0 amide bonds. The average molecular weight is 338 g/mol. The predicted molar refractivity (Wildman–Crippen MR) is 82.3 cm³/mol. The van der Waals surface area contributed by atoms with Crippen LogP contribution in [0, 0.1) is 5.95 Å². The van der Waals surface area contributed by atoms with Gasteiger partial charge in [0.1, 0.15) is 12.2 Å². The topological polar surface area (TPSA) is 95.7 Å². The molecule has 2 aromatic heterocycles. The molecule has 23 heavy (non-hydrogen) atoms. The number of halogens is 1. The van der Waals surface area contributed by atoms with Crippen molar-refractivity contribution in [3.8, 4) is 16.9 Å². The van der Waals surface area contributed by atoms with E-state index in [1.54, 1.807) is 24.5 Å². The molecule has 8 heteroatoms. The Bertz CT molecular complexity index is 676. The Morgan fingerprint density at radius 2 is 2.00 bits per heavy atom. The molecule has 122 valence electrons. The van der Waals surface area contributed by atoms with E-state index in [-0.39, 0.29) is 11.5 Å². The summed E-state index contributed by atoms with van der Waals surface area (Å²) < 4.78 is 19.3. The molecular weight excluding hydrogens is 323 g/mol. The lowest BCUT2D eigenvalue weighted by Gasteiger charge is -2.34. The summed E-state index contributed by atoms with van der Waals surface area (Å²) in [5.41, 5.74) is 0.469. The van der Waals surface area contributed by atoms with Crippen LogP contribution in [0.3, 0.4) is 0 Å². The lowest BCUT2D eigenvalue weighted by atomic mass is 10.1. The number of nitrogens with zero attached hydrogens (tertiary/aromatic N) is 2. The Hall–Kier alpha value is -1.74. The Morgan fingerprint density at radius 3 is 2.74 bits per heavy atom. The van der Waals surface area contributed by atoms with Gasteiger partial charge in [0.2, 0.25) is 0 Å². The number of hydrogen-bond acceptors (Lipinski definition) is 7. The second kappa shape index (κ2) is 6.79. The van der Waals surface area contributed by atoms with Crippen molar-refractivity contribution in [3.63, 3.8) is 0 Å². The first-order valence-electron chi connectivity index (χ1n) is 6.94. The van der Waals surface area contributed by atoms with E-state index < -0.39 is 29.7 Å². The van der Waals surface area contributed by atoms with Crippen LogP contribution in [0.4, 0.5) is 4.39 Å². The van der Waals surface area contributed by atoms with Gasteiger partial charge in [-0.15, -0.1) is 11.8 Å². The van der Waals surface area contributed by atoms with E-state index in [0.717, 1.165) is 17.3 Å². The zero-order valence-electron chi connectivity index (χ0n) is 11.9. The Labute approximate surface area is 136 Å². The molecule has 3 N–H and O–H groups in total. The van der Waals surface area contributed by atoms with Crippen LogP contribution in [-0.4, -0.2) is 54.8 Å². The smallest absolute Gasteiger partial charge is 0.255 e. The van der Waals surface area contributed by atoms with Crippen LogP contribution in [0.25, 0.3) is 11.1 Å². The summed E-state index contributed by atoms with van der Waals surface area (Å²) in [6.45, 7) is 0. The van der Waals surface area contributed by atoms with Crippen LogP contribution in [0.1, 0.15) is 0 Å². The number of pyridine rings is 2. The molecule has 0 aliphatic carbocycles. The van der Waals surface area contributed by atoms with Gasteiger partial charge in [-0.25, -0.2) is 4.98 Å². The third kappa shape index (κ3) is 3.45. The van der Waals surface area contributed by atoms with E-state index in [2.05, 4.69) is 9.97 Å². The molecule has 0 unspecified atom stereocenters. The fourth-order valence-electron chi connectivity index (χ4n) is 2.21. The maximum atomic E-state index is 13.9. The first-order chi connectivity index (χ1) is 11.1. The minimum atomic E-state index is -1.33. The summed E-state index contributed by atoms with van der Waals surface area (Å²) in [5.74, 6) is -0.766. The Balaban J connectivity index is 1.83. The third-order valence-electron chi connectivity index (χ3n) is 3.50. The van der Waals surface area contributed by atoms with Crippen molar-refractivity contribution in [1.82, 2.24) is 9.97 Å². The van der Waals surface area contributed by atoms with Gasteiger partial charge in [0.05, 0.1) is 6.10 Å². The van der Waals surface area contributed by atoms with Gasteiger partial charge in [-0.1, -0.05) is 6.07 Å². The zero-order valence-corrected chi connectivity index (χ0v) is 12.7. The van der Waals surface area contributed by atoms with Crippen molar-refractivity contribution in [3.05, 3.63) is 42.7 Å². The van der Waals surface area contributed by atoms with Crippen molar-refractivity contribution in [2.24, 2.45) is 0 Å². The van der Waals surface area contributed by atoms with E-state index in [0.29, 0.717) is 5.56 Å². The van der Waals surface area contributed by atoms with E-state index in [4.69, 9.17) is 4.74 Å². The molecule has 1 aliphatic heterocycles. The van der Waals surface area contributed by atoms with Gasteiger partial charge in [0, 0.05) is 35.5 Å². The lowest BCUT2D eigenvalue weighted by molar-refractivity contribution is -0.0790. The number of rotatable bonds is 3. The summed E-state index contributed by atoms with van der Waals surface area (Å²) in [6, 6.07) is 5.01. The summed E-state index contributed by atoms with van der Waals surface area (Å²) in [4.78, 5) is 7.65. The summed E-state index contributed by atoms with van der Waals surface area (Å²) in [7, 11) is 0. The first kappa shape index (κ1) is 16.1. The fraction of sp³-hybridized carbons (Fsp3) is 0.333. The summed E-state index contributed by atoms with van der Waals surface area (Å²) >= 11 is 1.10. The molecule has 6 nitrogen and oxygen atoms in total. The normalized spacial score (nSPS) is 27.7. The van der Waals surface area contributed by atoms with E-state index in [9.17, 15) is 19.7 Å². The number of thioether (sulfide) groups is 1. The molecule has 0 spiro atoms. The molecule has 3 heterocycles. The quantitative estimate of drug-likeness (QED) is 0.713. The summed E-state index contributed by atoms with van der Waals surface area (Å²) in [5, 5.41) is 29.1. The van der Waals surface area contributed by atoms with Gasteiger partial charge >= 0.3 is 0 Å². The molecular formula is C15H15FN2O4S. The SMILES string of the molecule is O[C@@H]1[C@@H](O)[C@H](Oc2cc(-c3cccnc3)cnc2F)SC[C@H]1O. The maximum Gasteiger partial charge on any atom is 0.255 e. The van der Waals surface area contributed by atoms with Gasteiger partial charge < -0.3 is 20.1 Å². The van der Waals surface area contributed by atoms with Crippen LogP contribution < -0.4 is 4.74 Å². The van der Waals surface area contributed by atoms with Crippen LogP contribution >= 0.6 is 11.8 Å². The second-order valence-corrected chi connectivity index (χ2v) is 6.25. The molecule has 0 bridgehead atoms. The molecule has 3 rings (SSSR count). The Morgan fingerprint density at radius 1 is 1.17 bits per heavy atom. The van der Waals surface area contributed by atoms with Gasteiger partial charge in [0.15, 0.2) is 11.2 Å². The molecule has 1 saturated heterocycles. The minimum Gasteiger partial charge on any atom is -0.472 e. The van der Waals surface area contributed by atoms with Crippen molar-refractivity contribution in [1.29, 1.82) is 0 Å². The molecule has 2 aromatic rings. The second-order valence-electron chi connectivity index (χ2n) is 5.12. The highest BCUT2D eigenvalue weighted by molar-refractivity contribution is 7.99. The van der Waals surface area contributed by atoms with Gasteiger partial charge in [0.25, 0.3) is 5.95 Å². The van der Waals surface area contributed by atoms with E-state index in [1.807, 2.05) is 0 Å². The number of hydrogen-bond donors (Lipinski definition) is 3. The van der Waals surface area contributed by atoms with Crippen LogP contribution in [0.2, 0.25) is 0 Å². The number of ether oxygens (including phenoxy) is 1. The van der Waals surface area contributed by atoms with Gasteiger partial charge in [-0.3, -0.25) is 4.98 Å². The van der Waals surface area contributed by atoms with Crippen molar-refractivity contribution in [2.45, 2.75) is 23.7 Å². The number of aliphatic hydroxyl groups excluding tert-OH is 3. The molecule has 1 fully saturated rings. The standard InChI is InChI=1S/C15H15FN2O4S/c16-14-11(22-15-13(21)12(20)10(19)7-23-15)4-9(6-18-14)8-2-1-3-17-5-8/h1-6,10,12-13,15,19-21H,7H2/t10-,12+,13-,15-/m1/s1. The highest BCUT2D eigenvalue weighted by atomic mass is 32.2. The average Bonchev–Trinajstić information content (AvgIpc) is 2.58. The molecule has 0 saturated carbocycles. The molecule has 0 aromatic carbocycles. The lowest BCUT2D eigenvalue weighted by Crippen LogP contribution is -2.50. The highest BCUT2D eigenvalue weighted by Gasteiger charge is 2.39. The third-order valence-corrected chi connectivity index (χ3v) is 4.74. The Kier molecular flexibility index (Phi) is 4.76.